The maximum atomic E-state index is 12.7. The van der Waals surface area contributed by atoms with Gasteiger partial charge in [-0.15, -0.1) is 0 Å². The van der Waals surface area contributed by atoms with E-state index in [1.807, 2.05) is 13.8 Å². The van der Waals surface area contributed by atoms with Gasteiger partial charge in [0, 0.05) is 26.2 Å². The summed E-state index contributed by atoms with van der Waals surface area (Å²) in [5, 5.41) is 21.3. The van der Waals surface area contributed by atoms with Crippen LogP contribution >= 0.6 is 24.4 Å². The monoisotopic (exact) mass is 438 g/mol. The first kappa shape index (κ1) is 23.0. The van der Waals surface area contributed by atoms with Gasteiger partial charge in [-0.2, -0.15) is 0 Å². The molecule has 1 saturated heterocycles. The second kappa shape index (κ2) is 9.47. The summed E-state index contributed by atoms with van der Waals surface area (Å²) in [5.41, 5.74) is -0.222. The molecule has 10 heteroatoms. The Bertz CT molecular complexity index is 993. The van der Waals surface area contributed by atoms with Gasteiger partial charge in [-0.05, 0) is 64.3 Å². The van der Waals surface area contributed by atoms with Gasteiger partial charge < -0.3 is 15.1 Å². The Morgan fingerprint density at radius 1 is 1.00 bits per heavy atom. The minimum Gasteiger partial charge on any atom is -0.494 e. The molecule has 158 valence electrons. The van der Waals surface area contributed by atoms with Gasteiger partial charge in [0.15, 0.2) is 16.1 Å². The van der Waals surface area contributed by atoms with Crippen molar-refractivity contribution in [1.29, 1.82) is 0 Å². The van der Waals surface area contributed by atoms with Crippen molar-refractivity contribution in [3.8, 4) is 5.88 Å². The van der Waals surface area contributed by atoms with Crippen molar-refractivity contribution in [3.05, 3.63) is 38.4 Å². The van der Waals surface area contributed by atoms with E-state index in [4.69, 9.17) is 24.4 Å². The van der Waals surface area contributed by atoms with Crippen molar-refractivity contribution in [2.24, 2.45) is 0 Å². The van der Waals surface area contributed by atoms with Crippen LogP contribution in [0.15, 0.2) is 22.5 Å². The summed E-state index contributed by atoms with van der Waals surface area (Å²) in [7, 11) is 0. The van der Waals surface area contributed by atoms with Crippen molar-refractivity contribution in [1.82, 2.24) is 18.9 Å². The summed E-state index contributed by atoms with van der Waals surface area (Å²) in [6.07, 6.45) is 3.14. The third-order valence-electron chi connectivity index (χ3n) is 4.80. The summed E-state index contributed by atoms with van der Waals surface area (Å²) >= 11 is 10.5. The maximum Gasteiger partial charge on any atom is 0.265 e. The quantitative estimate of drug-likeness (QED) is 0.517. The summed E-state index contributed by atoms with van der Waals surface area (Å²) < 4.78 is 3.10. The second-order valence-corrected chi connectivity index (χ2v) is 7.02. The molecule has 0 spiro atoms. The second-order valence-electron chi connectivity index (χ2n) is 6.29. The summed E-state index contributed by atoms with van der Waals surface area (Å²) in [6, 6.07) is 0. The first-order valence-corrected chi connectivity index (χ1v) is 10.3. The maximum absolute atomic E-state index is 12.7. The Hall–Kier alpha value is -2.30. The van der Waals surface area contributed by atoms with Gasteiger partial charge in [-0.3, -0.25) is 23.6 Å². The zero-order valence-corrected chi connectivity index (χ0v) is 18.6. The molecular formula is C19H26N4O4S2. The van der Waals surface area contributed by atoms with Gasteiger partial charge in [-0.1, -0.05) is 6.08 Å². The number of likely N-dealkylation sites (N-methyl/N-ethyl adjacent to an activating group) is 2. The molecule has 0 aliphatic carbocycles. The lowest BCUT2D eigenvalue weighted by Crippen LogP contribution is -2.57. The molecule has 1 atom stereocenters. The molecule has 8 nitrogen and oxygen atoms in total. The number of hydrogen-bond acceptors (Lipinski definition) is 6. The number of carbonyl (C=O) groups excluding carboxylic acids is 1. The van der Waals surface area contributed by atoms with Gasteiger partial charge in [0.25, 0.3) is 11.5 Å². The minimum absolute atomic E-state index is 0.0621. The van der Waals surface area contributed by atoms with E-state index in [0.29, 0.717) is 26.2 Å². The molecule has 0 aromatic carbocycles. The Labute approximate surface area is 180 Å². The average Bonchev–Trinajstić information content (AvgIpc) is 2.68. The Morgan fingerprint density at radius 3 is 2.14 bits per heavy atom. The summed E-state index contributed by atoms with van der Waals surface area (Å²) in [5.74, 6) is -0.622. The Kier molecular flexibility index (Phi) is 7.50. The number of nitrogens with zero attached hydrogens (tertiary/aromatic N) is 4. The molecule has 29 heavy (non-hydrogen) atoms. The third-order valence-corrected chi connectivity index (χ3v) is 5.70. The lowest BCUT2D eigenvalue weighted by molar-refractivity contribution is -0.128. The molecule has 2 heterocycles. The minimum atomic E-state index is -1.18. The van der Waals surface area contributed by atoms with Crippen LogP contribution < -0.4 is 5.56 Å². The molecule has 1 aliphatic rings. The fraction of sp³-hybridized carbons (Fsp3) is 0.474. The molecule has 0 saturated carbocycles. The zero-order valence-electron chi connectivity index (χ0n) is 17.0. The van der Waals surface area contributed by atoms with E-state index in [9.17, 15) is 19.8 Å². The first-order chi connectivity index (χ1) is 13.7. The van der Waals surface area contributed by atoms with Crippen LogP contribution in [-0.4, -0.2) is 59.5 Å². The van der Waals surface area contributed by atoms with Crippen molar-refractivity contribution in [2.45, 2.75) is 47.0 Å². The topological polar surface area (TPSA) is 90.9 Å². The first-order valence-electron chi connectivity index (χ1n) is 9.50. The van der Waals surface area contributed by atoms with Crippen LogP contribution in [0.5, 0.6) is 5.88 Å². The third kappa shape index (κ3) is 4.05. The Morgan fingerprint density at radius 2 is 1.62 bits per heavy atom. The number of rotatable bonds is 6. The van der Waals surface area contributed by atoms with Gasteiger partial charge in [0.2, 0.25) is 5.88 Å². The van der Waals surface area contributed by atoms with E-state index in [0.717, 1.165) is 0 Å². The van der Waals surface area contributed by atoms with Gasteiger partial charge in [0.1, 0.15) is 5.56 Å². The number of aliphatic hydroxyl groups excluding tert-OH is 1. The van der Waals surface area contributed by atoms with E-state index in [1.54, 1.807) is 18.7 Å². The van der Waals surface area contributed by atoms with E-state index in [2.05, 4.69) is 0 Å². The molecule has 0 bridgehead atoms. The van der Waals surface area contributed by atoms with Crippen LogP contribution in [0, 0.1) is 4.77 Å². The fourth-order valence-corrected chi connectivity index (χ4v) is 4.06. The van der Waals surface area contributed by atoms with Crippen LogP contribution in [0.25, 0.3) is 6.08 Å². The fourth-order valence-electron chi connectivity index (χ4n) is 3.19. The number of amides is 1. The molecular weight excluding hydrogens is 412 g/mol. The molecule has 2 N–H and O–H groups in total. The van der Waals surface area contributed by atoms with E-state index < -0.39 is 11.8 Å². The number of thiocarbonyl (C=S) groups is 1. The highest BCUT2D eigenvalue weighted by Gasteiger charge is 2.37. The normalized spacial score (nSPS) is 19.1. The number of hydrogen-bond donors (Lipinski definition) is 2. The molecule has 1 unspecified atom stereocenters. The predicted molar refractivity (Wildman–Crippen MR) is 118 cm³/mol. The summed E-state index contributed by atoms with van der Waals surface area (Å²) in [6.45, 7) is 8.82. The molecule has 0 radical (unpaired) electrons. The lowest BCUT2D eigenvalue weighted by Gasteiger charge is -2.40. The standard InChI is InChI=1S/C19H26N4O4S2/c1-5-20-14(24)12(15(25)21(6-2)18(20)28)10-9-11-13-16(26)22(7-3)19(29)23(8-4)17(13)27/h9-11,14,24,26H,5-8H2,1-4H3/b11-9+,12-10-. The molecule has 1 fully saturated rings. The van der Waals surface area contributed by atoms with Crippen molar-refractivity contribution >= 4 is 41.5 Å². The van der Waals surface area contributed by atoms with Crippen LogP contribution in [-0.2, 0) is 17.9 Å². The van der Waals surface area contributed by atoms with Crippen LogP contribution in [0.3, 0.4) is 0 Å². The van der Waals surface area contributed by atoms with Crippen LogP contribution in [0.1, 0.15) is 33.3 Å². The van der Waals surface area contributed by atoms with Crippen molar-refractivity contribution in [2.75, 3.05) is 13.1 Å². The number of aromatic nitrogens is 2. The van der Waals surface area contributed by atoms with Crippen molar-refractivity contribution < 1.29 is 15.0 Å². The number of aromatic hydroxyl groups is 1. The molecule has 2 rings (SSSR count). The highest BCUT2D eigenvalue weighted by molar-refractivity contribution is 7.80. The van der Waals surface area contributed by atoms with Crippen LogP contribution in [0.2, 0.25) is 0 Å². The highest BCUT2D eigenvalue weighted by Crippen LogP contribution is 2.22. The average molecular weight is 439 g/mol. The van der Waals surface area contributed by atoms with Crippen LogP contribution in [0.4, 0.5) is 0 Å². The van der Waals surface area contributed by atoms with Gasteiger partial charge in [-0.25, -0.2) is 0 Å². The number of allylic oxidation sites excluding steroid dienone is 2. The van der Waals surface area contributed by atoms with E-state index in [-0.39, 0.29) is 32.8 Å². The smallest absolute Gasteiger partial charge is 0.265 e. The number of aliphatic hydroxyl groups is 1. The molecule has 1 amide bonds. The molecule has 1 aromatic rings. The molecule has 1 aromatic heterocycles. The largest absolute Gasteiger partial charge is 0.494 e. The van der Waals surface area contributed by atoms with E-state index in [1.165, 1.54) is 32.3 Å². The van der Waals surface area contributed by atoms with Crippen molar-refractivity contribution in [3.63, 3.8) is 0 Å². The summed E-state index contributed by atoms with van der Waals surface area (Å²) in [4.78, 5) is 28.3. The lowest BCUT2D eigenvalue weighted by atomic mass is 10.1. The van der Waals surface area contributed by atoms with E-state index >= 15 is 0 Å². The number of carbonyl (C=O) groups is 1. The van der Waals surface area contributed by atoms with Gasteiger partial charge >= 0.3 is 0 Å². The SMILES string of the molecule is CCN1C(=O)/C(=C\C=C\c2c(O)n(CC)c(=S)n(CC)c2=O)C(O)N(CC)C1=S. The zero-order chi connectivity index (χ0) is 21.9. The predicted octanol–water partition coefficient (Wildman–Crippen LogP) is 1.85. The molecule has 1 aliphatic heterocycles. The Balaban J connectivity index is 2.53. The van der Waals surface area contributed by atoms with Gasteiger partial charge in [0.05, 0.1) is 5.57 Å². The highest BCUT2D eigenvalue weighted by atomic mass is 32.1.